The van der Waals surface area contributed by atoms with Crippen LogP contribution < -0.4 is 16.4 Å². The lowest BCUT2D eigenvalue weighted by Gasteiger charge is -2.16. The molecule has 0 radical (unpaired) electrons. The van der Waals surface area contributed by atoms with Crippen LogP contribution >= 0.6 is 11.6 Å². The predicted octanol–water partition coefficient (Wildman–Crippen LogP) is 6.46. The maximum absolute atomic E-state index is 14.5. The third kappa shape index (κ3) is 3.76. The van der Waals surface area contributed by atoms with Crippen LogP contribution in [0.4, 0.5) is 27.4 Å². The third-order valence-electron chi connectivity index (χ3n) is 5.68. The summed E-state index contributed by atoms with van der Waals surface area (Å²) in [6.07, 6.45) is 3.18. The quantitative estimate of drug-likeness (QED) is 0.279. The molecule has 2 heterocycles. The smallest absolute Gasteiger partial charge is 0.256 e. The Morgan fingerprint density at radius 3 is 2.53 bits per heavy atom. The number of pyridine rings is 2. The molecular weight excluding hydrogens is 453 g/mol. The summed E-state index contributed by atoms with van der Waals surface area (Å²) in [5, 5.41) is 8.97. The lowest BCUT2D eigenvalue weighted by atomic mass is 10.0. The van der Waals surface area contributed by atoms with Gasteiger partial charge in [0.2, 0.25) is 0 Å². The molecule has 0 saturated carbocycles. The molecule has 0 unspecified atom stereocenters. The second-order valence-electron chi connectivity index (χ2n) is 7.79. The van der Waals surface area contributed by atoms with Gasteiger partial charge < -0.3 is 16.4 Å². The molecule has 168 valence electrons. The molecule has 0 bridgehead atoms. The fourth-order valence-corrected chi connectivity index (χ4v) is 4.14. The number of aromatic nitrogens is 2. The molecule has 0 aliphatic rings. The summed E-state index contributed by atoms with van der Waals surface area (Å²) in [5.74, 6) is -0.0333. The van der Waals surface area contributed by atoms with Gasteiger partial charge in [-0.05, 0) is 48.2 Å². The number of amides is 1. The summed E-state index contributed by atoms with van der Waals surface area (Å²) in [7, 11) is 0. The number of aryl methyl sites for hydroxylation is 1. The molecule has 4 N–H and O–H groups in total. The van der Waals surface area contributed by atoms with Crippen LogP contribution in [0, 0.1) is 12.7 Å². The van der Waals surface area contributed by atoms with Gasteiger partial charge in [-0.1, -0.05) is 41.9 Å². The van der Waals surface area contributed by atoms with Gasteiger partial charge in [0.25, 0.3) is 5.91 Å². The minimum absolute atomic E-state index is 0.0138. The van der Waals surface area contributed by atoms with Gasteiger partial charge >= 0.3 is 0 Å². The van der Waals surface area contributed by atoms with Gasteiger partial charge in [0, 0.05) is 34.1 Å². The van der Waals surface area contributed by atoms with Crippen LogP contribution in [0.15, 0.2) is 73.1 Å². The van der Waals surface area contributed by atoms with Crippen molar-refractivity contribution < 1.29 is 9.18 Å². The Morgan fingerprint density at radius 1 is 0.912 bits per heavy atom. The zero-order valence-corrected chi connectivity index (χ0v) is 18.8. The molecule has 6 nitrogen and oxygen atoms in total. The Kier molecular flexibility index (Phi) is 5.47. The Morgan fingerprint density at radius 2 is 1.68 bits per heavy atom. The van der Waals surface area contributed by atoms with Crippen molar-refractivity contribution in [2.75, 3.05) is 16.4 Å². The van der Waals surface area contributed by atoms with Crippen LogP contribution in [0.3, 0.4) is 0 Å². The number of hydrogen-bond donors (Lipinski definition) is 3. The van der Waals surface area contributed by atoms with Crippen molar-refractivity contribution in [1.82, 2.24) is 9.97 Å². The first-order valence-electron chi connectivity index (χ1n) is 10.5. The van der Waals surface area contributed by atoms with E-state index in [1.165, 1.54) is 6.07 Å². The van der Waals surface area contributed by atoms with Crippen molar-refractivity contribution in [2.45, 2.75) is 6.92 Å². The van der Waals surface area contributed by atoms with Crippen molar-refractivity contribution >= 4 is 62.1 Å². The first kappa shape index (κ1) is 21.6. The average Bonchev–Trinajstić information content (AvgIpc) is 2.84. The number of hydrogen-bond acceptors (Lipinski definition) is 5. The number of benzene rings is 3. The summed E-state index contributed by atoms with van der Waals surface area (Å²) in [5.41, 5.74) is 8.18. The number of anilines is 4. The second kappa shape index (κ2) is 8.61. The van der Waals surface area contributed by atoms with E-state index in [1.807, 2.05) is 31.2 Å². The van der Waals surface area contributed by atoms with E-state index in [0.29, 0.717) is 39.0 Å². The number of carbonyl (C=O) groups excluding carboxylic acids is 1. The van der Waals surface area contributed by atoms with E-state index in [-0.39, 0.29) is 16.6 Å². The van der Waals surface area contributed by atoms with E-state index in [9.17, 15) is 9.18 Å². The van der Waals surface area contributed by atoms with Gasteiger partial charge in [-0.15, -0.1) is 0 Å². The molecule has 5 rings (SSSR count). The lowest BCUT2D eigenvalue weighted by molar-refractivity contribution is 0.102. The minimum atomic E-state index is -0.562. The van der Waals surface area contributed by atoms with Crippen LogP contribution in [-0.2, 0) is 0 Å². The van der Waals surface area contributed by atoms with Crippen molar-refractivity contribution in [1.29, 1.82) is 0 Å². The molecule has 0 fully saturated rings. The van der Waals surface area contributed by atoms with Crippen LogP contribution in [0.5, 0.6) is 0 Å². The molecule has 34 heavy (non-hydrogen) atoms. The summed E-state index contributed by atoms with van der Waals surface area (Å²) in [6.45, 7) is 1.91. The standard InChI is InChI=1S/C26H19ClFN5O/c1-14-8-9-18-16(11-13-31-25(18)32-21-7-3-6-20(27)22(21)28)23(14)33-26(34)19-5-2-4-17-15(19)10-12-30-24(17)29/h2-13H,1H3,(H2,29,30)(H,31,32)(H,33,34). The highest BCUT2D eigenvalue weighted by Crippen LogP contribution is 2.34. The molecule has 3 aromatic carbocycles. The summed E-state index contributed by atoms with van der Waals surface area (Å²) < 4.78 is 14.5. The number of nitrogens with one attached hydrogen (secondary N) is 2. The van der Waals surface area contributed by atoms with Crippen LogP contribution in [-0.4, -0.2) is 15.9 Å². The minimum Gasteiger partial charge on any atom is -0.383 e. The topological polar surface area (TPSA) is 92.9 Å². The van der Waals surface area contributed by atoms with E-state index in [4.69, 9.17) is 17.3 Å². The monoisotopic (exact) mass is 471 g/mol. The lowest BCUT2D eigenvalue weighted by Crippen LogP contribution is -2.14. The number of nitrogens with zero attached hydrogens (tertiary/aromatic N) is 2. The van der Waals surface area contributed by atoms with Crippen molar-refractivity contribution in [3.63, 3.8) is 0 Å². The fourth-order valence-electron chi connectivity index (χ4n) is 3.97. The number of nitrogen functional groups attached to an aromatic ring is 1. The predicted molar refractivity (Wildman–Crippen MR) is 135 cm³/mol. The van der Waals surface area contributed by atoms with Gasteiger partial charge in [0.15, 0.2) is 5.82 Å². The average molecular weight is 472 g/mol. The first-order valence-corrected chi connectivity index (χ1v) is 10.9. The molecule has 0 saturated heterocycles. The Balaban J connectivity index is 1.57. The van der Waals surface area contributed by atoms with E-state index in [0.717, 1.165) is 10.9 Å². The van der Waals surface area contributed by atoms with Gasteiger partial charge in [-0.2, -0.15) is 0 Å². The highest BCUT2D eigenvalue weighted by molar-refractivity contribution is 6.31. The Hall–Kier alpha value is -4.23. The maximum atomic E-state index is 14.5. The number of nitrogens with two attached hydrogens (primary N) is 1. The zero-order valence-electron chi connectivity index (χ0n) is 18.1. The van der Waals surface area contributed by atoms with Gasteiger partial charge in [-0.3, -0.25) is 4.79 Å². The van der Waals surface area contributed by atoms with E-state index < -0.39 is 5.82 Å². The maximum Gasteiger partial charge on any atom is 0.256 e. The third-order valence-corrected chi connectivity index (χ3v) is 5.97. The number of rotatable bonds is 4. The van der Waals surface area contributed by atoms with Gasteiger partial charge in [0.1, 0.15) is 11.6 Å². The molecule has 5 aromatic rings. The van der Waals surface area contributed by atoms with Crippen molar-refractivity contribution in [2.24, 2.45) is 0 Å². The van der Waals surface area contributed by atoms with E-state index in [2.05, 4.69) is 20.6 Å². The number of fused-ring (bicyclic) bond motifs is 2. The highest BCUT2D eigenvalue weighted by atomic mass is 35.5. The number of carbonyl (C=O) groups is 1. The molecule has 0 aliphatic heterocycles. The SMILES string of the molecule is Cc1ccc2c(Nc3cccc(Cl)c3F)nccc2c1NC(=O)c1cccc2c(N)nccc12. The molecule has 2 aromatic heterocycles. The van der Waals surface area contributed by atoms with E-state index in [1.54, 1.807) is 42.7 Å². The summed E-state index contributed by atoms with van der Waals surface area (Å²) in [4.78, 5) is 21.8. The molecule has 1 amide bonds. The summed E-state index contributed by atoms with van der Waals surface area (Å²) >= 11 is 5.92. The molecular formula is C26H19ClFN5O. The van der Waals surface area contributed by atoms with Gasteiger partial charge in [0.05, 0.1) is 16.4 Å². The molecule has 8 heteroatoms. The second-order valence-corrected chi connectivity index (χ2v) is 8.20. The molecule has 0 atom stereocenters. The van der Waals surface area contributed by atoms with Crippen LogP contribution in [0.1, 0.15) is 15.9 Å². The summed E-state index contributed by atoms with van der Waals surface area (Å²) in [6, 6.07) is 17.4. The zero-order chi connectivity index (χ0) is 23.8. The number of halogens is 2. The largest absolute Gasteiger partial charge is 0.383 e. The Bertz CT molecular complexity index is 1590. The Labute approximate surface area is 199 Å². The fraction of sp³-hybridized carbons (Fsp3) is 0.0385. The normalized spacial score (nSPS) is 11.0. The van der Waals surface area contributed by atoms with Crippen LogP contribution in [0.25, 0.3) is 21.5 Å². The van der Waals surface area contributed by atoms with E-state index >= 15 is 0 Å². The first-order chi connectivity index (χ1) is 16.4. The molecule has 0 spiro atoms. The molecule has 0 aliphatic carbocycles. The highest BCUT2D eigenvalue weighted by Gasteiger charge is 2.16. The van der Waals surface area contributed by atoms with Gasteiger partial charge in [-0.25, -0.2) is 14.4 Å². The van der Waals surface area contributed by atoms with Crippen molar-refractivity contribution in [3.8, 4) is 0 Å². The van der Waals surface area contributed by atoms with Crippen LogP contribution in [0.2, 0.25) is 5.02 Å². The van der Waals surface area contributed by atoms with Crippen molar-refractivity contribution in [3.05, 3.63) is 95.0 Å².